The molecule has 1 atom stereocenters. The first-order valence-corrected chi connectivity index (χ1v) is 6.18. The van der Waals surface area contributed by atoms with Gasteiger partial charge in [-0.2, -0.15) is 0 Å². The summed E-state index contributed by atoms with van der Waals surface area (Å²) in [6, 6.07) is 12.4. The number of carboxylic acids is 1. The molecule has 0 bridgehead atoms. The van der Waals surface area contributed by atoms with Gasteiger partial charge in [0.15, 0.2) is 0 Å². The molecule has 1 unspecified atom stereocenters. The van der Waals surface area contributed by atoms with E-state index in [0.717, 1.165) is 0 Å². The number of fused-ring (bicyclic) bond motifs is 1. The molecule has 0 fully saturated rings. The van der Waals surface area contributed by atoms with Crippen LogP contribution < -0.4 is 34.7 Å². The summed E-state index contributed by atoms with van der Waals surface area (Å²) < 4.78 is 1.79. The molecular formula is C15H12NNaO3. The van der Waals surface area contributed by atoms with Crippen molar-refractivity contribution in [3.05, 3.63) is 59.4 Å². The van der Waals surface area contributed by atoms with Crippen molar-refractivity contribution in [3.63, 3.8) is 0 Å². The minimum Gasteiger partial charge on any atom is -0.549 e. The van der Waals surface area contributed by atoms with Gasteiger partial charge < -0.3 is 14.5 Å². The molecule has 1 aromatic heterocycles. The Balaban J connectivity index is 0.00000147. The number of carboxylic acid groups (broad SMARTS) is 1. The zero-order valence-corrected chi connectivity index (χ0v) is 13.2. The summed E-state index contributed by atoms with van der Waals surface area (Å²) >= 11 is 0. The summed E-state index contributed by atoms with van der Waals surface area (Å²) in [6.45, 7) is 0.550. The van der Waals surface area contributed by atoms with Crippen molar-refractivity contribution in [2.75, 3.05) is 0 Å². The number of benzene rings is 1. The van der Waals surface area contributed by atoms with E-state index in [2.05, 4.69) is 0 Å². The minimum atomic E-state index is -1.07. The fourth-order valence-electron chi connectivity index (χ4n) is 2.62. The van der Waals surface area contributed by atoms with Crippen LogP contribution in [0.5, 0.6) is 0 Å². The van der Waals surface area contributed by atoms with Crippen LogP contribution in [0.2, 0.25) is 0 Å². The normalized spacial score (nSPS) is 16.3. The molecule has 0 saturated carbocycles. The van der Waals surface area contributed by atoms with Crippen molar-refractivity contribution >= 4 is 11.8 Å². The van der Waals surface area contributed by atoms with Gasteiger partial charge in [0.25, 0.3) is 0 Å². The van der Waals surface area contributed by atoms with Crippen molar-refractivity contribution < 1.29 is 44.3 Å². The second kappa shape index (κ2) is 5.95. The van der Waals surface area contributed by atoms with Gasteiger partial charge in [-0.25, -0.2) is 0 Å². The Morgan fingerprint density at radius 2 is 1.80 bits per heavy atom. The molecule has 2 heterocycles. The smallest absolute Gasteiger partial charge is 0.549 e. The fourth-order valence-corrected chi connectivity index (χ4v) is 2.62. The topological polar surface area (TPSA) is 62.1 Å². The van der Waals surface area contributed by atoms with Crippen LogP contribution in [0.1, 0.15) is 34.1 Å². The van der Waals surface area contributed by atoms with Crippen molar-refractivity contribution in [1.82, 2.24) is 4.57 Å². The van der Waals surface area contributed by atoms with E-state index in [4.69, 9.17) is 0 Å². The first-order valence-electron chi connectivity index (χ1n) is 6.18. The Hall–Kier alpha value is -1.36. The number of rotatable bonds is 3. The number of aliphatic carboxylic acids is 1. The molecule has 1 aliphatic rings. The third-order valence-electron chi connectivity index (χ3n) is 3.57. The molecule has 20 heavy (non-hydrogen) atoms. The van der Waals surface area contributed by atoms with E-state index in [9.17, 15) is 14.7 Å². The first-order chi connectivity index (χ1) is 9.18. The van der Waals surface area contributed by atoms with Gasteiger partial charge in [0.2, 0.25) is 5.78 Å². The Kier molecular flexibility index (Phi) is 4.48. The summed E-state index contributed by atoms with van der Waals surface area (Å²) in [5.41, 5.74) is 1.82. The Bertz CT molecular complexity index is 648. The molecule has 2 aromatic rings. The van der Waals surface area contributed by atoms with Gasteiger partial charge in [0.1, 0.15) is 0 Å². The van der Waals surface area contributed by atoms with Crippen molar-refractivity contribution in [2.45, 2.75) is 18.9 Å². The van der Waals surface area contributed by atoms with Gasteiger partial charge in [0.05, 0.1) is 11.7 Å². The van der Waals surface area contributed by atoms with Gasteiger partial charge in [-0.15, -0.1) is 0 Å². The fraction of sp³-hybridized carbons (Fsp3) is 0.200. The second-order valence-corrected chi connectivity index (χ2v) is 4.65. The maximum Gasteiger partial charge on any atom is 1.00 e. The maximum atomic E-state index is 12.4. The Morgan fingerprint density at radius 3 is 2.45 bits per heavy atom. The number of hydrogen-bond acceptors (Lipinski definition) is 3. The molecule has 1 aliphatic heterocycles. The predicted octanol–water partition coefficient (Wildman–Crippen LogP) is -2.04. The van der Waals surface area contributed by atoms with Gasteiger partial charge >= 0.3 is 29.6 Å². The van der Waals surface area contributed by atoms with E-state index in [1.54, 1.807) is 28.8 Å². The van der Waals surface area contributed by atoms with E-state index in [-0.39, 0.29) is 35.3 Å². The van der Waals surface area contributed by atoms with Crippen LogP contribution in [-0.2, 0) is 11.3 Å². The first kappa shape index (κ1) is 15.0. The van der Waals surface area contributed by atoms with Gasteiger partial charge in [0, 0.05) is 23.7 Å². The van der Waals surface area contributed by atoms with E-state index < -0.39 is 11.9 Å². The van der Waals surface area contributed by atoms with Crippen molar-refractivity contribution in [1.29, 1.82) is 0 Å². The standard InChI is InChI=1S/C15H13NO3.Na/c17-14(10-4-2-1-3-5-10)13-7-6-12-11(15(18)19)8-9-16(12)13;/h1-7,11H,8-9H2,(H,18,19);/q;+1/p-1. The summed E-state index contributed by atoms with van der Waals surface area (Å²) in [6.07, 6.45) is 0.494. The van der Waals surface area contributed by atoms with Crippen LogP contribution in [0.4, 0.5) is 0 Å². The second-order valence-electron chi connectivity index (χ2n) is 4.65. The number of hydrogen-bond donors (Lipinski definition) is 0. The van der Waals surface area contributed by atoms with Gasteiger partial charge in [-0.05, 0) is 18.6 Å². The van der Waals surface area contributed by atoms with Crippen LogP contribution in [0, 0.1) is 0 Å². The third kappa shape index (κ3) is 2.46. The van der Waals surface area contributed by atoms with Crippen LogP contribution >= 0.6 is 0 Å². The molecule has 0 N–H and O–H groups in total. The Labute approximate surface area is 138 Å². The average molecular weight is 277 g/mol. The van der Waals surface area contributed by atoms with Crippen LogP contribution in [0.3, 0.4) is 0 Å². The molecule has 0 saturated heterocycles. The van der Waals surface area contributed by atoms with E-state index >= 15 is 0 Å². The molecule has 5 heteroatoms. The van der Waals surface area contributed by atoms with Crippen molar-refractivity contribution in [2.24, 2.45) is 0 Å². The molecule has 0 aliphatic carbocycles. The summed E-state index contributed by atoms with van der Waals surface area (Å²) in [5.74, 6) is -1.75. The Morgan fingerprint density at radius 1 is 1.10 bits per heavy atom. The summed E-state index contributed by atoms with van der Waals surface area (Å²) in [7, 11) is 0. The summed E-state index contributed by atoms with van der Waals surface area (Å²) in [4.78, 5) is 23.4. The zero-order chi connectivity index (χ0) is 13.4. The van der Waals surface area contributed by atoms with E-state index in [0.29, 0.717) is 29.9 Å². The zero-order valence-electron chi connectivity index (χ0n) is 11.2. The third-order valence-corrected chi connectivity index (χ3v) is 3.57. The number of ketones is 1. The molecule has 1 aromatic carbocycles. The molecule has 0 amide bonds. The van der Waals surface area contributed by atoms with E-state index in [1.807, 2.05) is 18.2 Å². The molecule has 96 valence electrons. The van der Waals surface area contributed by atoms with Gasteiger partial charge in [-0.3, -0.25) is 4.79 Å². The molecule has 4 nitrogen and oxygen atoms in total. The number of carbonyl (C=O) groups is 2. The van der Waals surface area contributed by atoms with Gasteiger partial charge in [-0.1, -0.05) is 30.3 Å². The van der Waals surface area contributed by atoms with Crippen LogP contribution in [-0.4, -0.2) is 16.3 Å². The van der Waals surface area contributed by atoms with E-state index in [1.165, 1.54) is 0 Å². The van der Waals surface area contributed by atoms with Crippen molar-refractivity contribution in [3.8, 4) is 0 Å². The minimum absolute atomic E-state index is 0. The molecular weight excluding hydrogens is 265 g/mol. The van der Waals surface area contributed by atoms with Crippen LogP contribution in [0.15, 0.2) is 42.5 Å². The molecule has 0 spiro atoms. The number of aromatic nitrogens is 1. The number of carbonyl (C=O) groups excluding carboxylic acids is 2. The monoisotopic (exact) mass is 277 g/mol. The maximum absolute atomic E-state index is 12.4. The number of nitrogens with zero attached hydrogens (tertiary/aromatic N) is 1. The summed E-state index contributed by atoms with van der Waals surface area (Å²) in [5, 5.41) is 11.0. The average Bonchev–Trinajstić information content (AvgIpc) is 2.99. The largest absolute Gasteiger partial charge is 1.00 e. The van der Waals surface area contributed by atoms with Crippen LogP contribution in [0.25, 0.3) is 0 Å². The predicted molar refractivity (Wildman–Crippen MR) is 66.7 cm³/mol. The SMILES string of the molecule is O=C(c1ccccc1)c1ccc2n1CCC2C(=O)[O-].[Na+]. The molecule has 0 radical (unpaired) electrons. The quantitative estimate of drug-likeness (QED) is 0.480. The molecule has 3 rings (SSSR count).